The van der Waals surface area contributed by atoms with Crippen LogP contribution in [0.25, 0.3) is 0 Å². The Kier molecular flexibility index (Phi) is 6.60. The number of nitrogens with zero attached hydrogens (tertiary/aromatic N) is 3. The fraction of sp³-hybridized carbons (Fsp3) is 0.933. The molecule has 2 saturated heterocycles. The lowest BCUT2D eigenvalue weighted by molar-refractivity contribution is 0.142. The third kappa shape index (κ3) is 4.63. The summed E-state index contributed by atoms with van der Waals surface area (Å²) in [7, 11) is 1.76. The van der Waals surface area contributed by atoms with Gasteiger partial charge in [0.1, 0.15) is 0 Å². The standard InChI is InChI=1S/C15H30N4O/c1-20-12-11-18-10-6-7-14(18)13-17-15(16)19-8-4-2-3-5-9-19/h14H,2-13H2,1H3,(H2,16,17)/t14-/m0/s1. The number of ether oxygens (including phenoxy) is 1. The molecule has 2 fully saturated rings. The van der Waals surface area contributed by atoms with Crippen LogP contribution in [-0.2, 0) is 4.74 Å². The number of aliphatic imine (C=N–C) groups is 1. The van der Waals surface area contributed by atoms with Crippen LogP contribution < -0.4 is 5.73 Å². The summed E-state index contributed by atoms with van der Waals surface area (Å²) in [6.07, 6.45) is 7.67. The van der Waals surface area contributed by atoms with Crippen molar-refractivity contribution in [2.45, 2.75) is 44.6 Å². The first kappa shape index (κ1) is 15.6. The normalized spacial score (nSPS) is 25.9. The Morgan fingerprint density at radius 2 is 1.90 bits per heavy atom. The van der Waals surface area contributed by atoms with Gasteiger partial charge in [-0.25, -0.2) is 0 Å². The zero-order valence-corrected chi connectivity index (χ0v) is 12.9. The van der Waals surface area contributed by atoms with Crippen molar-refractivity contribution < 1.29 is 4.74 Å². The fourth-order valence-electron chi connectivity index (χ4n) is 3.20. The van der Waals surface area contributed by atoms with Gasteiger partial charge in [-0.15, -0.1) is 0 Å². The van der Waals surface area contributed by atoms with E-state index in [1.54, 1.807) is 7.11 Å². The van der Waals surface area contributed by atoms with Gasteiger partial charge in [0.15, 0.2) is 5.96 Å². The van der Waals surface area contributed by atoms with Crippen LogP contribution in [0.5, 0.6) is 0 Å². The van der Waals surface area contributed by atoms with Gasteiger partial charge in [-0.05, 0) is 32.2 Å². The van der Waals surface area contributed by atoms with Crippen LogP contribution in [-0.4, -0.2) is 68.2 Å². The molecule has 2 heterocycles. The van der Waals surface area contributed by atoms with Crippen molar-refractivity contribution in [3.63, 3.8) is 0 Å². The van der Waals surface area contributed by atoms with E-state index in [1.807, 2.05) is 0 Å². The summed E-state index contributed by atoms with van der Waals surface area (Å²) in [5.41, 5.74) is 6.17. The monoisotopic (exact) mass is 282 g/mol. The number of hydrogen-bond donors (Lipinski definition) is 1. The number of methoxy groups -OCH3 is 1. The molecule has 0 radical (unpaired) electrons. The molecular weight excluding hydrogens is 252 g/mol. The van der Waals surface area contributed by atoms with E-state index in [-0.39, 0.29) is 0 Å². The molecule has 0 spiro atoms. The predicted octanol–water partition coefficient (Wildman–Crippen LogP) is 1.29. The van der Waals surface area contributed by atoms with Crippen molar-refractivity contribution in [1.82, 2.24) is 9.80 Å². The van der Waals surface area contributed by atoms with Crippen LogP contribution in [0.4, 0.5) is 0 Å². The van der Waals surface area contributed by atoms with E-state index in [1.165, 1.54) is 45.1 Å². The molecule has 2 N–H and O–H groups in total. The van der Waals surface area contributed by atoms with E-state index in [0.717, 1.165) is 38.7 Å². The molecule has 5 heteroatoms. The average molecular weight is 282 g/mol. The Bertz CT molecular complexity index is 300. The Balaban J connectivity index is 1.80. The second kappa shape index (κ2) is 8.47. The third-order valence-corrected chi connectivity index (χ3v) is 4.48. The molecule has 2 aliphatic heterocycles. The van der Waals surface area contributed by atoms with Gasteiger partial charge >= 0.3 is 0 Å². The van der Waals surface area contributed by atoms with Crippen LogP contribution in [0.3, 0.4) is 0 Å². The molecule has 0 amide bonds. The summed E-state index contributed by atoms with van der Waals surface area (Å²) in [6, 6.07) is 0.552. The van der Waals surface area contributed by atoms with Crippen LogP contribution >= 0.6 is 0 Å². The Labute approximate surface area is 123 Å². The topological polar surface area (TPSA) is 54.1 Å². The molecular formula is C15H30N4O. The molecule has 116 valence electrons. The molecule has 5 nitrogen and oxygen atoms in total. The first-order valence-electron chi connectivity index (χ1n) is 8.09. The molecule has 20 heavy (non-hydrogen) atoms. The van der Waals surface area contributed by atoms with Crippen molar-refractivity contribution in [2.24, 2.45) is 10.7 Å². The Morgan fingerprint density at radius 3 is 2.60 bits per heavy atom. The number of rotatable bonds is 5. The highest BCUT2D eigenvalue weighted by molar-refractivity contribution is 5.78. The Hall–Kier alpha value is -0.810. The van der Waals surface area contributed by atoms with Crippen LogP contribution in [0.1, 0.15) is 38.5 Å². The number of nitrogens with two attached hydrogens (primary N) is 1. The first-order valence-corrected chi connectivity index (χ1v) is 8.09. The third-order valence-electron chi connectivity index (χ3n) is 4.48. The van der Waals surface area contributed by atoms with Crippen molar-refractivity contribution in [1.29, 1.82) is 0 Å². The van der Waals surface area contributed by atoms with Gasteiger partial charge in [0.25, 0.3) is 0 Å². The molecule has 2 rings (SSSR count). The predicted molar refractivity (Wildman–Crippen MR) is 83.0 cm³/mol. The summed E-state index contributed by atoms with van der Waals surface area (Å²) < 4.78 is 5.18. The molecule has 0 aliphatic carbocycles. The lowest BCUT2D eigenvalue weighted by Crippen LogP contribution is -2.40. The van der Waals surface area contributed by atoms with Gasteiger partial charge in [-0.1, -0.05) is 12.8 Å². The molecule has 1 atom stereocenters. The van der Waals surface area contributed by atoms with E-state index in [9.17, 15) is 0 Å². The highest BCUT2D eigenvalue weighted by Gasteiger charge is 2.23. The maximum atomic E-state index is 6.17. The summed E-state index contributed by atoms with van der Waals surface area (Å²) in [6.45, 7) is 5.99. The van der Waals surface area contributed by atoms with Gasteiger partial charge in [0.05, 0.1) is 13.2 Å². The molecule has 0 aromatic heterocycles. The van der Waals surface area contributed by atoms with Crippen LogP contribution in [0.15, 0.2) is 4.99 Å². The van der Waals surface area contributed by atoms with Crippen molar-refractivity contribution in [2.75, 3.05) is 46.4 Å². The van der Waals surface area contributed by atoms with E-state index in [4.69, 9.17) is 10.5 Å². The molecule has 0 aromatic rings. The minimum absolute atomic E-state index is 0.552. The smallest absolute Gasteiger partial charge is 0.191 e. The zero-order chi connectivity index (χ0) is 14.2. The van der Waals surface area contributed by atoms with Crippen LogP contribution in [0.2, 0.25) is 0 Å². The van der Waals surface area contributed by atoms with Gasteiger partial charge in [-0.2, -0.15) is 0 Å². The van der Waals surface area contributed by atoms with Gasteiger partial charge < -0.3 is 15.4 Å². The van der Waals surface area contributed by atoms with Crippen molar-refractivity contribution in [3.8, 4) is 0 Å². The van der Waals surface area contributed by atoms with Gasteiger partial charge in [-0.3, -0.25) is 9.89 Å². The molecule has 2 aliphatic rings. The highest BCUT2D eigenvalue weighted by Crippen LogP contribution is 2.17. The minimum Gasteiger partial charge on any atom is -0.383 e. The van der Waals surface area contributed by atoms with E-state index in [0.29, 0.717) is 6.04 Å². The zero-order valence-electron chi connectivity index (χ0n) is 12.9. The largest absolute Gasteiger partial charge is 0.383 e. The Morgan fingerprint density at radius 1 is 1.15 bits per heavy atom. The SMILES string of the molecule is COCCN1CCC[C@H]1CN=C(N)N1CCCCCC1. The van der Waals surface area contributed by atoms with E-state index >= 15 is 0 Å². The van der Waals surface area contributed by atoms with E-state index < -0.39 is 0 Å². The highest BCUT2D eigenvalue weighted by atomic mass is 16.5. The average Bonchev–Trinajstić information content (AvgIpc) is 2.73. The van der Waals surface area contributed by atoms with Crippen LogP contribution in [0, 0.1) is 0 Å². The minimum atomic E-state index is 0.552. The summed E-state index contributed by atoms with van der Waals surface area (Å²) in [4.78, 5) is 9.42. The number of likely N-dealkylation sites (tertiary alicyclic amines) is 2. The van der Waals surface area contributed by atoms with Crippen molar-refractivity contribution in [3.05, 3.63) is 0 Å². The second-order valence-corrected chi connectivity index (χ2v) is 5.92. The van der Waals surface area contributed by atoms with E-state index in [2.05, 4.69) is 14.8 Å². The second-order valence-electron chi connectivity index (χ2n) is 5.92. The molecule has 0 unspecified atom stereocenters. The molecule has 0 bridgehead atoms. The number of hydrogen-bond acceptors (Lipinski definition) is 3. The quantitative estimate of drug-likeness (QED) is 0.610. The van der Waals surface area contributed by atoms with Gasteiger partial charge in [0.2, 0.25) is 0 Å². The van der Waals surface area contributed by atoms with Gasteiger partial charge in [0, 0.05) is 32.8 Å². The maximum Gasteiger partial charge on any atom is 0.191 e. The summed E-state index contributed by atoms with van der Waals surface area (Å²) in [5, 5.41) is 0. The van der Waals surface area contributed by atoms with Crippen molar-refractivity contribution >= 4 is 5.96 Å². The molecule has 0 aromatic carbocycles. The molecule has 0 saturated carbocycles. The maximum absolute atomic E-state index is 6.17. The summed E-state index contributed by atoms with van der Waals surface area (Å²) >= 11 is 0. The first-order chi connectivity index (χ1) is 9.81. The summed E-state index contributed by atoms with van der Waals surface area (Å²) in [5.74, 6) is 0.755. The number of guanidine groups is 1. The lowest BCUT2D eigenvalue weighted by Gasteiger charge is -2.24. The lowest BCUT2D eigenvalue weighted by atomic mass is 10.2. The fourth-order valence-corrected chi connectivity index (χ4v) is 3.20.